The van der Waals surface area contributed by atoms with Crippen LogP contribution in [0.1, 0.15) is 66.5 Å². The number of carbonyl (C=O) groups is 3. The highest BCUT2D eigenvalue weighted by Gasteiger charge is 2.74. The van der Waals surface area contributed by atoms with E-state index in [1.165, 1.54) is 6.08 Å². The molecule has 7 heteroatoms. The van der Waals surface area contributed by atoms with Crippen LogP contribution in [0.15, 0.2) is 23.8 Å². The highest BCUT2D eigenvalue weighted by atomic mass is 35.5. The van der Waals surface area contributed by atoms with Crippen molar-refractivity contribution in [3.8, 4) is 0 Å². The molecule has 3 saturated carbocycles. The first-order chi connectivity index (χ1) is 16.8. The number of rotatable bonds is 4. The Labute approximate surface area is 201 Å². The summed E-state index contributed by atoms with van der Waals surface area (Å²) in [6.07, 6.45) is 1.82. The van der Waals surface area contributed by atoms with Crippen LogP contribution < -0.4 is 0 Å². The number of hydrogen-bond donors (Lipinski definition) is 2. The lowest BCUT2D eigenvalue weighted by atomic mass is 9.45. The number of fused-ring (bicyclic) bond motifs is 5. The molecule has 8 atom stereocenters. The van der Waals surface area contributed by atoms with E-state index in [1.807, 2.05) is 6.92 Å². The molecule has 0 bridgehead atoms. The minimum atomic E-state index is -3.32. The van der Waals surface area contributed by atoms with Gasteiger partial charge in [0.1, 0.15) is 5.60 Å². The van der Waals surface area contributed by atoms with Crippen molar-refractivity contribution in [3.05, 3.63) is 23.8 Å². The Balaban J connectivity index is 1.64. The average molecular weight is 470 g/mol. The highest BCUT2D eigenvalue weighted by Crippen LogP contribution is 2.71. The molecule has 0 aromatic rings. The number of aliphatic hydroxyl groups is 2. The zero-order valence-corrected chi connectivity index (χ0v) is 19.2. The molecule has 32 heavy (non-hydrogen) atoms. The number of ketones is 2. The molecule has 2 N–H and O–H groups in total. The molecular weight excluding hydrogens is 432 g/mol. The first-order valence-corrected chi connectivity index (χ1v) is 11.4. The Morgan fingerprint density at radius 3 is 2.78 bits per heavy atom. The molecule has 0 saturated heterocycles. The van der Waals surface area contributed by atoms with Crippen LogP contribution in [0, 0.1) is 28.6 Å². The van der Waals surface area contributed by atoms with Gasteiger partial charge in [0.05, 0.1) is 11.0 Å². The van der Waals surface area contributed by atoms with Gasteiger partial charge in [-0.05, 0) is 55.6 Å². The van der Waals surface area contributed by atoms with E-state index in [4.69, 9.17) is 23.2 Å². The van der Waals surface area contributed by atoms with Gasteiger partial charge in [-0.1, -0.05) is 39.3 Å². The zero-order valence-electron chi connectivity index (χ0n) is 23.5. The maximum Gasteiger partial charge on any atom is 0.305 e. The third kappa shape index (κ3) is 2.82. The number of hydrogen-bond acceptors (Lipinski definition) is 6. The third-order valence-electron chi connectivity index (χ3n) is 9.08. The van der Waals surface area contributed by atoms with E-state index in [9.17, 15) is 24.6 Å². The quantitative estimate of drug-likeness (QED) is 0.484. The second-order valence-corrected chi connectivity index (χ2v) is 10.9. The summed E-state index contributed by atoms with van der Waals surface area (Å²) in [5.74, 6) is -3.91. The van der Waals surface area contributed by atoms with Crippen molar-refractivity contribution in [3.63, 3.8) is 0 Å². The zero-order chi connectivity index (χ0) is 28.0. The van der Waals surface area contributed by atoms with Crippen LogP contribution in [0.5, 0.6) is 0 Å². The largest absolute Gasteiger partial charge is 0.458 e. The minimum absolute atomic E-state index is 0.0288. The monoisotopic (exact) mass is 469 g/mol. The topological polar surface area (TPSA) is 101 Å². The van der Waals surface area contributed by atoms with E-state index in [0.717, 1.165) is 5.57 Å². The number of ether oxygens (including phenoxy) is 1. The summed E-state index contributed by atoms with van der Waals surface area (Å²) >= 11 is 7.35. The number of allylic oxidation sites excluding steroid dienone is 4. The fourth-order valence-electron chi connectivity index (χ4n) is 7.42. The average Bonchev–Trinajstić information content (AvgIpc) is 2.99. The van der Waals surface area contributed by atoms with Crippen molar-refractivity contribution in [1.29, 1.82) is 0 Å². The lowest BCUT2D eigenvalue weighted by Gasteiger charge is -2.63. The fraction of sp³-hybridized carbons (Fsp3) is 0.720. The van der Waals surface area contributed by atoms with Gasteiger partial charge in [-0.3, -0.25) is 14.4 Å². The normalized spacial score (nSPS) is 50.4. The Hall–Kier alpha value is -1.50. The lowest BCUT2D eigenvalue weighted by Crippen LogP contribution is -2.69. The van der Waals surface area contributed by atoms with E-state index in [1.54, 1.807) is 26.0 Å². The van der Waals surface area contributed by atoms with Crippen LogP contribution in [0.25, 0.3) is 0 Å². The summed E-state index contributed by atoms with van der Waals surface area (Å²) in [6.45, 7) is 1.03. The molecule has 0 unspecified atom stereocenters. The van der Waals surface area contributed by atoms with Crippen LogP contribution in [0.3, 0.4) is 0 Å². The standard InChI is InChI=1S/C25H33ClO6/c1-5-21(30)32-13-20(29)25(31)14(2)10-18-17-7-6-15-11-16(27)8-9-22(15,3)24(17,26)19(28)12-23(18,25)4/h8-9,11,14,17-19,28,31H,5-7,10,12-13H2,1-4H3/t14-,17+,18+,19+,22+,23+,24+,25+/m1/s1/i1D3,5D2. The van der Waals surface area contributed by atoms with Crippen molar-refractivity contribution in [2.45, 2.75) is 76.3 Å². The van der Waals surface area contributed by atoms with Crippen LogP contribution in [0.2, 0.25) is 0 Å². The summed E-state index contributed by atoms with van der Waals surface area (Å²) in [5.41, 5.74) is -3.12. The van der Waals surface area contributed by atoms with Crippen LogP contribution in [0.4, 0.5) is 0 Å². The predicted molar refractivity (Wildman–Crippen MR) is 119 cm³/mol. The molecule has 6 nitrogen and oxygen atoms in total. The van der Waals surface area contributed by atoms with E-state index in [2.05, 4.69) is 0 Å². The van der Waals surface area contributed by atoms with E-state index in [-0.39, 0.29) is 24.0 Å². The molecule has 0 spiro atoms. The van der Waals surface area contributed by atoms with Crippen LogP contribution in [-0.4, -0.2) is 50.9 Å². The van der Waals surface area contributed by atoms with Gasteiger partial charge in [-0.15, -0.1) is 11.6 Å². The molecular formula is C25H33ClO6. The second kappa shape index (κ2) is 7.51. The number of alkyl halides is 1. The number of Topliss-reactive ketones (excluding diaryl/α,β-unsaturated/α-hetero) is 1. The first-order valence-electron chi connectivity index (χ1n) is 13.5. The Bertz CT molecular complexity index is 1100. The predicted octanol–water partition coefficient (Wildman–Crippen LogP) is 3.13. The third-order valence-corrected chi connectivity index (χ3v) is 10.0. The van der Waals surface area contributed by atoms with Crippen LogP contribution in [-0.2, 0) is 19.1 Å². The Kier molecular flexibility index (Phi) is 4.20. The van der Waals surface area contributed by atoms with Gasteiger partial charge in [0.2, 0.25) is 5.78 Å². The Morgan fingerprint density at radius 2 is 2.09 bits per heavy atom. The number of esters is 1. The fourth-order valence-corrected chi connectivity index (χ4v) is 7.94. The lowest BCUT2D eigenvalue weighted by molar-refractivity contribution is -0.182. The smallest absolute Gasteiger partial charge is 0.305 e. The van der Waals surface area contributed by atoms with Gasteiger partial charge in [-0.25, -0.2) is 0 Å². The van der Waals surface area contributed by atoms with Gasteiger partial charge < -0.3 is 14.9 Å². The van der Waals surface area contributed by atoms with E-state index < -0.39 is 64.9 Å². The van der Waals surface area contributed by atoms with Gasteiger partial charge in [0.15, 0.2) is 12.4 Å². The molecule has 0 heterocycles. The molecule has 0 radical (unpaired) electrons. The summed E-state index contributed by atoms with van der Waals surface area (Å²) in [7, 11) is 0. The van der Waals surface area contributed by atoms with Gasteiger partial charge >= 0.3 is 5.97 Å². The number of halogens is 1. The molecule has 4 aliphatic rings. The number of aliphatic hydroxyl groups excluding tert-OH is 1. The summed E-state index contributed by atoms with van der Waals surface area (Å²) in [4.78, 5) is 36.5. The molecule has 176 valence electrons. The summed E-state index contributed by atoms with van der Waals surface area (Å²) in [6, 6.07) is 0. The SMILES string of the molecule is [2H]C([2H])([2H])C([2H])([2H])C(=O)OCC(=O)[C@@]1(O)[C@H](C)C[C@H]2[C@@H]3CCC4=CC(=O)C=C[C@]4(C)[C@@]3(Cl)[C@@H](O)C[C@@]21C. The van der Waals surface area contributed by atoms with Crippen LogP contribution >= 0.6 is 11.6 Å². The molecule has 0 amide bonds. The Morgan fingerprint density at radius 1 is 1.38 bits per heavy atom. The first kappa shape index (κ1) is 17.9. The van der Waals surface area contributed by atoms with Crippen molar-refractivity contribution >= 4 is 29.1 Å². The van der Waals surface area contributed by atoms with Gasteiger partial charge in [-0.2, -0.15) is 0 Å². The maximum absolute atomic E-state index is 13.4. The molecule has 3 fully saturated rings. The van der Waals surface area contributed by atoms with Crippen molar-refractivity contribution < 1.29 is 36.2 Å². The minimum Gasteiger partial charge on any atom is -0.458 e. The second-order valence-electron chi connectivity index (χ2n) is 10.3. The molecule has 4 aliphatic carbocycles. The van der Waals surface area contributed by atoms with Gasteiger partial charge in [0, 0.05) is 24.1 Å². The maximum atomic E-state index is 13.4. The van der Waals surface area contributed by atoms with E-state index >= 15 is 0 Å². The van der Waals surface area contributed by atoms with Crippen molar-refractivity contribution in [2.75, 3.05) is 6.61 Å². The van der Waals surface area contributed by atoms with Gasteiger partial charge in [0.25, 0.3) is 0 Å². The summed E-state index contributed by atoms with van der Waals surface area (Å²) in [5, 5.41) is 23.5. The number of carbonyl (C=O) groups excluding carboxylic acids is 3. The highest BCUT2D eigenvalue weighted by molar-refractivity contribution is 6.26. The molecule has 0 aliphatic heterocycles. The molecule has 0 aromatic carbocycles. The van der Waals surface area contributed by atoms with Crippen molar-refractivity contribution in [2.24, 2.45) is 28.6 Å². The molecule has 4 rings (SSSR count). The van der Waals surface area contributed by atoms with Crippen molar-refractivity contribution in [1.82, 2.24) is 0 Å². The molecule has 0 aromatic heterocycles. The van der Waals surface area contributed by atoms with E-state index in [0.29, 0.717) is 19.3 Å². The summed E-state index contributed by atoms with van der Waals surface area (Å²) < 4.78 is 41.5.